The fraction of sp³-hybridized carbons (Fsp3) is 0.692. The van der Waals surface area contributed by atoms with E-state index in [0.717, 1.165) is 31.9 Å². The zero-order valence-electron chi connectivity index (χ0n) is 12.2. The number of anilines is 1. The molecule has 0 atom stereocenters. The van der Waals surface area contributed by atoms with Crippen molar-refractivity contribution in [1.82, 2.24) is 20.0 Å². The van der Waals surface area contributed by atoms with E-state index in [0.29, 0.717) is 11.4 Å². The summed E-state index contributed by atoms with van der Waals surface area (Å²) in [5.74, 6) is -0.0737. The Kier molecular flexibility index (Phi) is 3.54. The Morgan fingerprint density at radius 3 is 2.26 bits per heavy atom. The van der Waals surface area contributed by atoms with Crippen LogP contribution in [0.2, 0.25) is 0 Å². The number of nitrogens with two attached hydrogens (primary N) is 1. The number of amides is 1. The van der Waals surface area contributed by atoms with Gasteiger partial charge in [-0.1, -0.05) is 0 Å². The molecule has 0 saturated carbocycles. The molecule has 0 radical (unpaired) electrons. The minimum atomic E-state index is -0.0737. The molecule has 2 heterocycles. The summed E-state index contributed by atoms with van der Waals surface area (Å²) in [7, 11) is 0. The third-order valence-corrected chi connectivity index (χ3v) is 3.71. The van der Waals surface area contributed by atoms with Gasteiger partial charge < -0.3 is 10.6 Å². The number of nitrogens with zero attached hydrogens (tertiary/aromatic N) is 3. The number of rotatable bonds is 1. The molecular weight excluding hydrogens is 242 g/mol. The van der Waals surface area contributed by atoms with Crippen LogP contribution in [0.1, 0.15) is 37.0 Å². The highest BCUT2D eigenvalue weighted by Gasteiger charge is 2.29. The molecule has 0 bridgehead atoms. The van der Waals surface area contributed by atoms with Gasteiger partial charge in [-0.3, -0.25) is 14.8 Å². The van der Waals surface area contributed by atoms with E-state index >= 15 is 0 Å². The molecule has 1 saturated heterocycles. The Bertz CT molecular complexity index is 466. The van der Waals surface area contributed by atoms with Crippen LogP contribution >= 0.6 is 0 Å². The molecule has 6 nitrogen and oxygen atoms in total. The summed E-state index contributed by atoms with van der Waals surface area (Å²) in [5, 5.41) is 6.76. The van der Waals surface area contributed by atoms with Crippen molar-refractivity contribution in [2.45, 2.75) is 33.2 Å². The fourth-order valence-electron chi connectivity index (χ4n) is 2.33. The summed E-state index contributed by atoms with van der Waals surface area (Å²) >= 11 is 0. The van der Waals surface area contributed by atoms with Gasteiger partial charge >= 0.3 is 0 Å². The fourth-order valence-corrected chi connectivity index (χ4v) is 2.33. The molecule has 1 amide bonds. The molecule has 3 N–H and O–H groups in total. The van der Waals surface area contributed by atoms with Gasteiger partial charge in [0.2, 0.25) is 0 Å². The van der Waals surface area contributed by atoms with Gasteiger partial charge in [0.05, 0.1) is 11.4 Å². The first-order valence-corrected chi connectivity index (χ1v) is 6.65. The van der Waals surface area contributed by atoms with Crippen molar-refractivity contribution in [2.24, 2.45) is 0 Å². The van der Waals surface area contributed by atoms with Crippen molar-refractivity contribution in [2.75, 3.05) is 31.9 Å². The van der Waals surface area contributed by atoms with Gasteiger partial charge in [-0.2, -0.15) is 5.10 Å². The zero-order valence-corrected chi connectivity index (χ0v) is 12.2. The van der Waals surface area contributed by atoms with Gasteiger partial charge in [-0.05, 0) is 27.7 Å². The molecule has 0 unspecified atom stereocenters. The third-order valence-electron chi connectivity index (χ3n) is 3.71. The molecule has 0 aromatic carbocycles. The highest BCUT2D eigenvalue weighted by molar-refractivity contribution is 5.97. The second-order valence-electron chi connectivity index (χ2n) is 6.06. The molecule has 2 rings (SSSR count). The largest absolute Gasteiger partial charge is 0.395 e. The minimum absolute atomic E-state index is 0.0737. The van der Waals surface area contributed by atoms with E-state index in [2.05, 4.69) is 35.9 Å². The summed E-state index contributed by atoms with van der Waals surface area (Å²) < 4.78 is 0. The van der Waals surface area contributed by atoms with E-state index in [-0.39, 0.29) is 11.4 Å². The summed E-state index contributed by atoms with van der Waals surface area (Å²) in [4.78, 5) is 16.5. The van der Waals surface area contributed by atoms with Crippen molar-refractivity contribution >= 4 is 11.6 Å². The molecular formula is C13H23N5O. The molecule has 1 aromatic heterocycles. The van der Waals surface area contributed by atoms with E-state index in [1.807, 2.05) is 11.8 Å². The number of aromatic nitrogens is 2. The lowest BCUT2D eigenvalue weighted by Gasteiger charge is -2.42. The first-order chi connectivity index (χ1) is 8.80. The monoisotopic (exact) mass is 265 g/mol. The van der Waals surface area contributed by atoms with Crippen LogP contribution < -0.4 is 5.73 Å². The zero-order chi connectivity index (χ0) is 14.2. The Labute approximate surface area is 113 Å². The van der Waals surface area contributed by atoms with Crippen LogP contribution in [0.25, 0.3) is 0 Å². The van der Waals surface area contributed by atoms with Crippen molar-refractivity contribution in [3.8, 4) is 0 Å². The quantitative estimate of drug-likeness (QED) is 0.789. The first-order valence-electron chi connectivity index (χ1n) is 6.65. The lowest BCUT2D eigenvalue weighted by molar-refractivity contribution is 0.0447. The Morgan fingerprint density at radius 2 is 1.84 bits per heavy atom. The van der Waals surface area contributed by atoms with E-state index in [4.69, 9.17) is 5.73 Å². The molecule has 0 spiro atoms. The number of aromatic amines is 1. The van der Waals surface area contributed by atoms with Gasteiger partial charge in [-0.25, -0.2) is 0 Å². The highest BCUT2D eigenvalue weighted by Crippen LogP contribution is 2.19. The number of H-pyrrole nitrogens is 1. The summed E-state index contributed by atoms with van der Waals surface area (Å²) in [6.07, 6.45) is 0. The number of hydrogen-bond acceptors (Lipinski definition) is 4. The minimum Gasteiger partial charge on any atom is -0.395 e. The molecule has 6 heteroatoms. The highest BCUT2D eigenvalue weighted by atomic mass is 16.2. The smallest absolute Gasteiger partial charge is 0.276 e. The molecule has 0 aliphatic carbocycles. The van der Waals surface area contributed by atoms with Crippen LogP contribution in [0.3, 0.4) is 0 Å². The number of carbonyl (C=O) groups excluding carboxylic acids is 1. The predicted molar refractivity (Wildman–Crippen MR) is 75.0 cm³/mol. The summed E-state index contributed by atoms with van der Waals surface area (Å²) in [6, 6.07) is 0. The molecule has 106 valence electrons. The Morgan fingerprint density at radius 1 is 1.26 bits per heavy atom. The molecule has 1 aliphatic rings. The molecule has 1 fully saturated rings. The number of nitrogens with one attached hydrogen (secondary N) is 1. The maximum absolute atomic E-state index is 12.3. The van der Waals surface area contributed by atoms with E-state index in [9.17, 15) is 4.79 Å². The summed E-state index contributed by atoms with van der Waals surface area (Å²) in [6.45, 7) is 11.6. The first kappa shape index (κ1) is 13.9. The Balaban J connectivity index is 2.02. The predicted octanol–water partition coefficient (Wildman–Crippen LogP) is 0.857. The van der Waals surface area contributed by atoms with Gasteiger partial charge in [0.15, 0.2) is 5.69 Å². The average Bonchev–Trinajstić information content (AvgIpc) is 2.68. The average molecular weight is 265 g/mol. The van der Waals surface area contributed by atoms with E-state index < -0.39 is 0 Å². The van der Waals surface area contributed by atoms with Gasteiger partial charge in [-0.15, -0.1) is 0 Å². The van der Waals surface area contributed by atoms with Crippen LogP contribution in [0.15, 0.2) is 0 Å². The van der Waals surface area contributed by atoms with Crippen LogP contribution in [0.5, 0.6) is 0 Å². The van der Waals surface area contributed by atoms with Gasteiger partial charge in [0, 0.05) is 31.7 Å². The SMILES string of the molecule is Cc1[nH]nc(C(=O)N2CCN(C(C)(C)C)CC2)c1N. The number of aryl methyl sites for hydroxylation is 1. The second kappa shape index (κ2) is 4.85. The second-order valence-corrected chi connectivity index (χ2v) is 6.06. The number of carbonyl (C=O) groups is 1. The van der Waals surface area contributed by atoms with Crippen molar-refractivity contribution in [1.29, 1.82) is 0 Å². The number of hydrogen-bond donors (Lipinski definition) is 2. The molecule has 1 aromatic rings. The standard InChI is InChI=1S/C13H23N5O/c1-9-10(14)11(16-15-9)12(19)17-5-7-18(8-6-17)13(2,3)4/h5-8,14H2,1-4H3,(H,15,16). The normalized spacial score (nSPS) is 17.8. The topological polar surface area (TPSA) is 78.2 Å². The van der Waals surface area contributed by atoms with E-state index in [1.165, 1.54) is 0 Å². The molecule has 19 heavy (non-hydrogen) atoms. The van der Waals surface area contributed by atoms with Gasteiger partial charge in [0.25, 0.3) is 5.91 Å². The Hall–Kier alpha value is -1.56. The lowest BCUT2D eigenvalue weighted by Crippen LogP contribution is -2.54. The number of piperazine rings is 1. The van der Waals surface area contributed by atoms with Crippen molar-refractivity contribution in [3.63, 3.8) is 0 Å². The van der Waals surface area contributed by atoms with Crippen molar-refractivity contribution in [3.05, 3.63) is 11.4 Å². The van der Waals surface area contributed by atoms with E-state index in [1.54, 1.807) is 0 Å². The summed E-state index contributed by atoms with van der Waals surface area (Å²) in [5.41, 5.74) is 7.56. The lowest BCUT2D eigenvalue weighted by atomic mass is 10.0. The van der Waals surface area contributed by atoms with Crippen LogP contribution in [-0.2, 0) is 0 Å². The van der Waals surface area contributed by atoms with Crippen LogP contribution in [0.4, 0.5) is 5.69 Å². The third kappa shape index (κ3) is 2.73. The van der Waals surface area contributed by atoms with Gasteiger partial charge in [0.1, 0.15) is 0 Å². The van der Waals surface area contributed by atoms with Crippen LogP contribution in [-0.4, -0.2) is 57.6 Å². The maximum atomic E-state index is 12.3. The molecule has 1 aliphatic heterocycles. The van der Waals surface area contributed by atoms with Crippen molar-refractivity contribution < 1.29 is 4.79 Å². The maximum Gasteiger partial charge on any atom is 0.276 e. The van der Waals surface area contributed by atoms with Crippen LogP contribution in [0, 0.1) is 6.92 Å². The number of nitrogen functional groups attached to an aromatic ring is 1.